The van der Waals surface area contributed by atoms with E-state index in [2.05, 4.69) is 46.7 Å². The maximum Gasteiger partial charge on any atom is 0.229 e. The zero-order valence-electron chi connectivity index (χ0n) is 14.6. The van der Waals surface area contributed by atoms with Crippen LogP contribution in [0.1, 0.15) is 17.9 Å². The topological polar surface area (TPSA) is 42.0 Å². The average molecular weight is 370 g/mol. The van der Waals surface area contributed by atoms with Crippen LogP contribution in [0, 0.1) is 5.92 Å². The van der Waals surface area contributed by atoms with Crippen LogP contribution >= 0.6 is 11.3 Å². The molecule has 2 unspecified atom stereocenters. The standard InChI is InChI=1S/C23H18N2OS/c26-22(20-13-19(20)16-7-2-1-3-8-16)25-23-24-21(14-27-23)18-12-6-10-15-9-4-5-11-17(15)18/h1-12,14,19-20H,13H2,(H,24,25,26). The first-order valence-corrected chi connectivity index (χ1v) is 9.97. The van der Waals surface area contributed by atoms with Gasteiger partial charge in [0.25, 0.3) is 0 Å². The minimum Gasteiger partial charge on any atom is -0.302 e. The fraction of sp³-hybridized carbons (Fsp3) is 0.130. The highest BCUT2D eigenvalue weighted by molar-refractivity contribution is 7.14. The SMILES string of the molecule is O=C(Nc1nc(-c2cccc3ccccc23)cs1)C1CC1c1ccccc1. The molecule has 1 heterocycles. The van der Waals surface area contributed by atoms with Crippen molar-refractivity contribution in [2.75, 3.05) is 5.32 Å². The van der Waals surface area contributed by atoms with Crippen molar-refractivity contribution in [2.45, 2.75) is 12.3 Å². The van der Waals surface area contributed by atoms with Crippen LogP contribution in [0.2, 0.25) is 0 Å². The van der Waals surface area contributed by atoms with Crippen LogP contribution in [0.4, 0.5) is 5.13 Å². The molecule has 0 saturated heterocycles. The molecule has 1 aliphatic rings. The highest BCUT2D eigenvalue weighted by atomic mass is 32.1. The predicted molar refractivity (Wildman–Crippen MR) is 111 cm³/mol. The van der Waals surface area contributed by atoms with Gasteiger partial charge in [0.05, 0.1) is 5.69 Å². The zero-order chi connectivity index (χ0) is 18.2. The van der Waals surface area contributed by atoms with E-state index in [1.807, 2.05) is 41.8 Å². The fourth-order valence-corrected chi connectivity index (χ4v) is 4.37. The number of amides is 1. The molecule has 0 bridgehead atoms. The Balaban J connectivity index is 1.34. The zero-order valence-corrected chi connectivity index (χ0v) is 15.4. The Morgan fingerprint density at radius 1 is 0.963 bits per heavy atom. The van der Waals surface area contributed by atoms with E-state index < -0.39 is 0 Å². The number of nitrogens with one attached hydrogen (secondary N) is 1. The van der Waals surface area contributed by atoms with E-state index in [0.29, 0.717) is 11.0 Å². The number of carbonyl (C=O) groups is 1. The number of rotatable bonds is 4. The molecule has 1 aliphatic carbocycles. The quantitative estimate of drug-likeness (QED) is 0.500. The number of thiazole rings is 1. The van der Waals surface area contributed by atoms with E-state index in [-0.39, 0.29) is 11.8 Å². The van der Waals surface area contributed by atoms with E-state index in [9.17, 15) is 4.79 Å². The first-order chi connectivity index (χ1) is 13.3. The lowest BCUT2D eigenvalue weighted by atomic mass is 10.0. The molecule has 3 aromatic carbocycles. The second kappa shape index (κ2) is 6.63. The number of nitrogens with zero attached hydrogens (tertiary/aromatic N) is 1. The normalized spacial score (nSPS) is 18.4. The van der Waals surface area contributed by atoms with Crippen molar-refractivity contribution in [3.8, 4) is 11.3 Å². The number of hydrogen-bond acceptors (Lipinski definition) is 3. The molecule has 5 rings (SSSR count). The molecular weight excluding hydrogens is 352 g/mol. The number of aromatic nitrogens is 1. The van der Waals surface area contributed by atoms with Crippen LogP contribution in [0.5, 0.6) is 0 Å². The van der Waals surface area contributed by atoms with Gasteiger partial charge >= 0.3 is 0 Å². The highest BCUT2D eigenvalue weighted by Crippen LogP contribution is 2.48. The van der Waals surface area contributed by atoms with E-state index in [1.54, 1.807) is 0 Å². The van der Waals surface area contributed by atoms with Gasteiger partial charge in [-0.05, 0) is 28.7 Å². The van der Waals surface area contributed by atoms with Gasteiger partial charge in [-0.2, -0.15) is 0 Å². The molecule has 1 N–H and O–H groups in total. The summed E-state index contributed by atoms with van der Waals surface area (Å²) in [5.74, 6) is 0.462. The molecule has 132 valence electrons. The largest absolute Gasteiger partial charge is 0.302 e. The van der Waals surface area contributed by atoms with Gasteiger partial charge in [-0.1, -0.05) is 72.8 Å². The Kier molecular flexibility index (Phi) is 3.98. The third kappa shape index (κ3) is 3.13. The van der Waals surface area contributed by atoms with Crippen LogP contribution < -0.4 is 5.32 Å². The molecule has 27 heavy (non-hydrogen) atoms. The summed E-state index contributed by atoms with van der Waals surface area (Å²) in [5, 5.41) is 8.06. The number of fused-ring (bicyclic) bond motifs is 1. The van der Waals surface area contributed by atoms with Crippen LogP contribution in [-0.4, -0.2) is 10.9 Å². The number of benzene rings is 3. The van der Waals surface area contributed by atoms with Gasteiger partial charge in [0, 0.05) is 16.9 Å². The Labute approximate surface area is 161 Å². The van der Waals surface area contributed by atoms with Crippen molar-refractivity contribution in [1.29, 1.82) is 0 Å². The second-order valence-electron chi connectivity index (χ2n) is 6.91. The molecule has 1 fully saturated rings. The molecule has 4 aromatic rings. The maximum absolute atomic E-state index is 12.6. The smallest absolute Gasteiger partial charge is 0.229 e. The molecule has 2 atom stereocenters. The molecule has 3 nitrogen and oxygen atoms in total. The van der Waals surface area contributed by atoms with Gasteiger partial charge in [0.1, 0.15) is 0 Å². The Bertz CT molecular complexity index is 1110. The van der Waals surface area contributed by atoms with E-state index >= 15 is 0 Å². The second-order valence-corrected chi connectivity index (χ2v) is 7.77. The lowest BCUT2D eigenvalue weighted by Gasteiger charge is -2.04. The Hall–Kier alpha value is -2.98. The van der Waals surface area contributed by atoms with Crippen molar-refractivity contribution in [3.63, 3.8) is 0 Å². The van der Waals surface area contributed by atoms with Crippen LogP contribution in [0.3, 0.4) is 0 Å². The third-order valence-electron chi connectivity index (χ3n) is 5.15. The monoisotopic (exact) mass is 370 g/mol. The molecule has 1 amide bonds. The van der Waals surface area contributed by atoms with Gasteiger partial charge in [-0.25, -0.2) is 4.98 Å². The predicted octanol–water partition coefficient (Wildman–Crippen LogP) is 5.71. The number of hydrogen-bond donors (Lipinski definition) is 1. The van der Waals surface area contributed by atoms with Crippen LogP contribution in [-0.2, 0) is 4.79 Å². The molecule has 1 saturated carbocycles. The van der Waals surface area contributed by atoms with Crippen LogP contribution in [0.25, 0.3) is 22.0 Å². The highest BCUT2D eigenvalue weighted by Gasteiger charge is 2.44. The summed E-state index contributed by atoms with van der Waals surface area (Å²) in [5.41, 5.74) is 3.24. The summed E-state index contributed by atoms with van der Waals surface area (Å²) in [6, 6.07) is 24.8. The van der Waals surface area contributed by atoms with Crippen molar-refractivity contribution < 1.29 is 4.79 Å². The van der Waals surface area contributed by atoms with Crippen molar-refractivity contribution in [1.82, 2.24) is 4.98 Å². The van der Waals surface area contributed by atoms with Gasteiger partial charge in [0.15, 0.2) is 5.13 Å². The van der Waals surface area contributed by atoms with Crippen molar-refractivity contribution in [2.24, 2.45) is 5.92 Å². The molecule has 0 aliphatic heterocycles. The summed E-state index contributed by atoms with van der Waals surface area (Å²) < 4.78 is 0. The first-order valence-electron chi connectivity index (χ1n) is 9.09. The molecule has 0 spiro atoms. The van der Waals surface area contributed by atoms with Gasteiger partial charge in [-0.15, -0.1) is 11.3 Å². The molecule has 0 radical (unpaired) electrons. The van der Waals surface area contributed by atoms with Crippen molar-refractivity contribution in [3.05, 3.63) is 83.7 Å². The number of anilines is 1. The lowest BCUT2D eigenvalue weighted by Crippen LogP contribution is -2.14. The van der Waals surface area contributed by atoms with E-state index in [1.165, 1.54) is 27.7 Å². The van der Waals surface area contributed by atoms with Gasteiger partial charge in [0.2, 0.25) is 5.91 Å². The molecule has 1 aromatic heterocycles. The lowest BCUT2D eigenvalue weighted by molar-refractivity contribution is -0.117. The summed E-state index contributed by atoms with van der Waals surface area (Å²) in [7, 11) is 0. The van der Waals surface area contributed by atoms with E-state index in [4.69, 9.17) is 0 Å². The summed E-state index contributed by atoms with van der Waals surface area (Å²) >= 11 is 1.48. The first kappa shape index (κ1) is 16.2. The summed E-state index contributed by atoms with van der Waals surface area (Å²) in [6.07, 6.45) is 0.914. The average Bonchev–Trinajstić information content (AvgIpc) is 3.40. The minimum atomic E-state index is 0.0531. The van der Waals surface area contributed by atoms with E-state index in [0.717, 1.165) is 17.7 Å². The third-order valence-corrected chi connectivity index (χ3v) is 5.91. The fourth-order valence-electron chi connectivity index (χ4n) is 3.66. The van der Waals surface area contributed by atoms with Gasteiger partial charge < -0.3 is 5.32 Å². The Morgan fingerprint density at radius 3 is 2.63 bits per heavy atom. The molecule has 4 heteroatoms. The minimum absolute atomic E-state index is 0.0531. The van der Waals surface area contributed by atoms with Crippen molar-refractivity contribution >= 4 is 33.1 Å². The maximum atomic E-state index is 12.6. The van der Waals surface area contributed by atoms with Gasteiger partial charge in [-0.3, -0.25) is 4.79 Å². The Morgan fingerprint density at radius 2 is 1.74 bits per heavy atom. The molecular formula is C23H18N2OS. The van der Waals surface area contributed by atoms with Crippen LogP contribution in [0.15, 0.2) is 78.2 Å². The summed E-state index contributed by atoms with van der Waals surface area (Å²) in [4.78, 5) is 17.2. The number of carbonyl (C=O) groups excluding carboxylic acids is 1. The summed E-state index contributed by atoms with van der Waals surface area (Å²) in [6.45, 7) is 0.